The predicted octanol–water partition coefficient (Wildman–Crippen LogP) is 4.72. The van der Waals surface area contributed by atoms with E-state index in [0.717, 1.165) is 33.1 Å². The molecule has 0 aliphatic carbocycles. The van der Waals surface area contributed by atoms with Crippen LogP contribution in [0.4, 0.5) is 0 Å². The second-order valence-corrected chi connectivity index (χ2v) is 6.68. The van der Waals surface area contributed by atoms with Crippen LogP contribution in [-0.4, -0.2) is 12.5 Å². The molecule has 0 spiro atoms. The number of hydrogen-bond donors (Lipinski definition) is 1. The van der Waals surface area contributed by atoms with Crippen molar-refractivity contribution < 1.29 is 4.79 Å². The van der Waals surface area contributed by atoms with Crippen LogP contribution in [0.1, 0.15) is 32.4 Å². The highest BCUT2D eigenvalue weighted by Crippen LogP contribution is 2.36. The summed E-state index contributed by atoms with van der Waals surface area (Å²) >= 11 is 16.0. The van der Waals surface area contributed by atoms with E-state index in [1.54, 1.807) is 0 Å². The van der Waals surface area contributed by atoms with E-state index in [1.165, 1.54) is 0 Å². The van der Waals surface area contributed by atoms with E-state index in [9.17, 15) is 4.79 Å². The van der Waals surface area contributed by atoms with Crippen LogP contribution in [0, 0.1) is 0 Å². The summed E-state index contributed by atoms with van der Waals surface area (Å²) in [6, 6.07) is 11.4. The third kappa shape index (κ3) is 2.96. The summed E-state index contributed by atoms with van der Waals surface area (Å²) in [6.45, 7) is 0.693. The average molecular weight is 385 g/mol. The van der Waals surface area contributed by atoms with Gasteiger partial charge in [-0.05, 0) is 41.3 Å². The van der Waals surface area contributed by atoms with Crippen molar-refractivity contribution in [2.45, 2.75) is 11.8 Å². The van der Waals surface area contributed by atoms with Crippen molar-refractivity contribution in [3.63, 3.8) is 0 Å². The fourth-order valence-electron chi connectivity index (χ4n) is 2.47. The molecule has 0 fully saturated rings. The summed E-state index contributed by atoms with van der Waals surface area (Å²) < 4.78 is 0.858. The minimum absolute atomic E-state index is 0.0304. The van der Waals surface area contributed by atoms with Crippen LogP contribution in [-0.2, 0) is 6.42 Å². The smallest absolute Gasteiger partial charge is 0.251 e. The van der Waals surface area contributed by atoms with Gasteiger partial charge >= 0.3 is 0 Å². The van der Waals surface area contributed by atoms with Crippen molar-refractivity contribution in [2.24, 2.45) is 0 Å². The number of rotatable bonds is 2. The second-order valence-electron chi connectivity index (χ2n) is 4.95. The highest BCUT2D eigenvalue weighted by molar-refractivity contribution is 9.10. The minimum atomic E-state index is -0.336. The van der Waals surface area contributed by atoms with Crippen LogP contribution in [0.3, 0.4) is 0 Å². The normalized spacial score (nSPS) is 15.3. The second kappa shape index (κ2) is 5.99. The Morgan fingerprint density at radius 1 is 1.19 bits per heavy atom. The predicted molar refractivity (Wildman–Crippen MR) is 89.3 cm³/mol. The molecule has 0 aromatic heterocycles. The van der Waals surface area contributed by atoms with Gasteiger partial charge in [-0.25, -0.2) is 0 Å². The zero-order valence-corrected chi connectivity index (χ0v) is 14.1. The zero-order chi connectivity index (χ0) is 15.0. The van der Waals surface area contributed by atoms with E-state index in [1.807, 2.05) is 36.4 Å². The van der Waals surface area contributed by atoms with Crippen LogP contribution in [0.5, 0.6) is 0 Å². The molecule has 2 aromatic rings. The maximum atomic E-state index is 11.9. The van der Waals surface area contributed by atoms with E-state index >= 15 is 0 Å². The Balaban J connectivity index is 2.00. The maximum Gasteiger partial charge on any atom is 0.251 e. The molecule has 1 heterocycles. The highest BCUT2D eigenvalue weighted by atomic mass is 79.9. The van der Waals surface area contributed by atoms with E-state index in [0.29, 0.717) is 11.6 Å². The van der Waals surface area contributed by atoms with Gasteiger partial charge in [0.25, 0.3) is 5.91 Å². The Labute approximate surface area is 141 Å². The summed E-state index contributed by atoms with van der Waals surface area (Å²) in [5.41, 5.74) is 3.61. The van der Waals surface area contributed by atoms with Gasteiger partial charge < -0.3 is 5.32 Å². The summed E-state index contributed by atoms with van der Waals surface area (Å²) in [7, 11) is 0. The standard InChI is InChI=1S/C16H12BrCl2NO/c17-14-8-11(18)3-4-12(14)15(19)10-2-1-9-5-6-20-16(21)13(9)7-10/h1-4,7-8,15H,5-6H2,(H,20,21). The van der Waals surface area contributed by atoms with Crippen molar-refractivity contribution in [3.05, 3.63) is 68.1 Å². The molecule has 21 heavy (non-hydrogen) atoms. The van der Waals surface area contributed by atoms with Crippen LogP contribution in [0.25, 0.3) is 0 Å². The number of halogens is 3. The van der Waals surface area contributed by atoms with Gasteiger partial charge in [-0.15, -0.1) is 11.6 Å². The number of nitrogens with one attached hydrogen (secondary N) is 1. The van der Waals surface area contributed by atoms with Crippen LogP contribution in [0.15, 0.2) is 40.9 Å². The molecule has 0 bridgehead atoms. The van der Waals surface area contributed by atoms with Crippen molar-refractivity contribution in [3.8, 4) is 0 Å². The maximum absolute atomic E-state index is 11.9. The number of carbonyl (C=O) groups excluding carboxylic acids is 1. The Kier molecular flexibility index (Phi) is 4.25. The van der Waals surface area contributed by atoms with Crippen molar-refractivity contribution >= 4 is 45.0 Å². The lowest BCUT2D eigenvalue weighted by Crippen LogP contribution is -2.31. The number of alkyl halides is 1. The number of benzene rings is 2. The molecule has 2 nitrogen and oxygen atoms in total. The minimum Gasteiger partial charge on any atom is -0.352 e. The van der Waals surface area contributed by atoms with Crippen LogP contribution < -0.4 is 5.32 Å². The van der Waals surface area contributed by atoms with Gasteiger partial charge in [0.2, 0.25) is 0 Å². The molecule has 2 aromatic carbocycles. The van der Waals surface area contributed by atoms with Crippen molar-refractivity contribution in [1.29, 1.82) is 0 Å². The Morgan fingerprint density at radius 3 is 2.76 bits per heavy atom. The summed E-state index contributed by atoms with van der Waals surface area (Å²) in [5, 5.41) is 3.17. The molecule has 0 saturated carbocycles. The highest BCUT2D eigenvalue weighted by Gasteiger charge is 2.20. The first-order valence-corrected chi connectivity index (χ1v) is 8.17. The lowest BCUT2D eigenvalue weighted by atomic mass is 9.95. The summed E-state index contributed by atoms with van der Waals surface area (Å²) in [6.07, 6.45) is 0.860. The Bertz CT molecular complexity index is 717. The molecule has 1 aliphatic rings. The van der Waals surface area contributed by atoms with Gasteiger partial charge in [0.1, 0.15) is 0 Å². The Morgan fingerprint density at radius 2 is 2.00 bits per heavy atom. The van der Waals surface area contributed by atoms with E-state index < -0.39 is 0 Å². The van der Waals surface area contributed by atoms with Crippen molar-refractivity contribution in [1.82, 2.24) is 5.32 Å². The molecule has 108 valence electrons. The SMILES string of the molecule is O=C1NCCc2ccc(C(Cl)c3ccc(Cl)cc3Br)cc21. The third-order valence-electron chi connectivity index (χ3n) is 3.59. The van der Waals surface area contributed by atoms with E-state index in [2.05, 4.69) is 21.2 Å². The molecule has 1 N–H and O–H groups in total. The van der Waals surface area contributed by atoms with Gasteiger partial charge in [-0.1, -0.05) is 45.7 Å². The third-order valence-corrected chi connectivity index (χ3v) is 5.00. The number of hydrogen-bond acceptors (Lipinski definition) is 1. The number of carbonyl (C=O) groups is 1. The Hall–Kier alpha value is -1.03. The molecule has 1 aliphatic heterocycles. The fourth-order valence-corrected chi connectivity index (χ4v) is 3.84. The molecule has 1 atom stereocenters. The van der Waals surface area contributed by atoms with Crippen LogP contribution >= 0.6 is 39.1 Å². The molecule has 0 radical (unpaired) electrons. The van der Waals surface area contributed by atoms with Gasteiger partial charge in [0, 0.05) is 21.6 Å². The molecule has 0 saturated heterocycles. The average Bonchev–Trinajstić information content (AvgIpc) is 2.47. The first-order valence-electron chi connectivity index (χ1n) is 6.56. The lowest BCUT2D eigenvalue weighted by Gasteiger charge is -2.19. The van der Waals surface area contributed by atoms with E-state index in [4.69, 9.17) is 23.2 Å². The molecule has 1 amide bonds. The summed E-state index contributed by atoms with van der Waals surface area (Å²) in [4.78, 5) is 11.9. The largest absolute Gasteiger partial charge is 0.352 e. The topological polar surface area (TPSA) is 29.1 Å². The molecule has 3 rings (SSSR count). The molecule has 1 unspecified atom stereocenters. The van der Waals surface area contributed by atoms with Crippen LogP contribution in [0.2, 0.25) is 5.02 Å². The zero-order valence-electron chi connectivity index (χ0n) is 11.0. The van der Waals surface area contributed by atoms with Gasteiger partial charge in [0.05, 0.1) is 5.38 Å². The van der Waals surface area contributed by atoms with E-state index in [-0.39, 0.29) is 11.3 Å². The first-order chi connectivity index (χ1) is 10.1. The molecular weight excluding hydrogens is 373 g/mol. The molecule has 5 heteroatoms. The number of fused-ring (bicyclic) bond motifs is 1. The monoisotopic (exact) mass is 383 g/mol. The molecular formula is C16H12BrCl2NO. The summed E-state index contributed by atoms with van der Waals surface area (Å²) in [5.74, 6) is -0.0304. The quantitative estimate of drug-likeness (QED) is 0.746. The van der Waals surface area contributed by atoms with Crippen molar-refractivity contribution in [2.75, 3.05) is 6.54 Å². The van der Waals surface area contributed by atoms with Gasteiger partial charge in [-0.2, -0.15) is 0 Å². The lowest BCUT2D eigenvalue weighted by molar-refractivity contribution is 0.0946. The van der Waals surface area contributed by atoms with Gasteiger partial charge in [-0.3, -0.25) is 4.79 Å². The number of amides is 1. The fraction of sp³-hybridized carbons (Fsp3) is 0.188. The van der Waals surface area contributed by atoms with Gasteiger partial charge in [0.15, 0.2) is 0 Å². The first kappa shape index (κ1) is 14.9.